The van der Waals surface area contributed by atoms with Crippen LogP contribution in [0.5, 0.6) is 0 Å². The van der Waals surface area contributed by atoms with Crippen molar-refractivity contribution in [3.05, 3.63) is 17.5 Å². The second-order valence-electron chi connectivity index (χ2n) is 4.98. The van der Waals surface area contributed by atoms with E-state index in [9.17, 15) is 0 Å². The van der Waals surface area contributed by atoms with Crippen molar-refractivity contribution in [2.24, 2.45) is 7.05 Å². The smallest absolute Gasteiger partial charge is 0.162 e. The van der Waals surface area contributed by atoms with Gasteiger partial charge in [0, 0.05) is 24.8 Å². The average Bonchev–Trinajstić information content (AvgIpc) is 2.59. The fourth-order valence-electron chi connectivity index (χ4n) is 1.78. The van der Waals surface area contributed by atoms with E-state index in [0.717, 1.165) is 6.54 Å². The molecule has 2 heterocycles. The van der Waals surface area contributed by atoms with Crippen LogP contribution in [0.25, 0.3) is 0 Å². The third-order valence-electron chi connectivity index (χ3n) is 3.18. The normalized spacial score (nSPS) is 20.7. The molecular formula is C12H21N3O2. The lowest BCUT2D eigenvalue weighted by molar-refractivity contribution is -0.253. The van der Waals surface area contributed by atoms with Crippen LogP contribution in [-0.2, 0) is 23.1 Å². The monoisotopic (exact) mass is 239 g/mol. The van der Waals surface area contributed by atoms with Crippen molar-refractivity contribution < 1.29 is 9.47 Å². The molecule has 1 aliphatic rings. The van der Waals surface area contributed by atoms with E-state index in [2.05, 4.69) is 17.3 Å². The first-order valence-electron chi connectivity index (χ1n) is 5.97. The highest BCUT2D eigenvalue weighted by Gasteiger charge is 2.27. The Morgan fingerprint density at radius 1 is 1.47 bits per heavy atom. The van der Waals surface area contributed by atoms with Crippen molar-refractivity contribution in [2.45, 2.75) is 39.1 Å². The largest absolute Gasteiger partial charge is 0.349 e. The van der Waals surface area contributed by atoms with Crippen molar-refractivity contribution >= 4 is 0 Å². The van der Waals surface area contributed by atoms with E-state index in [1.807, 2.05) is 31.8 Å². The summed E-state index contributed by atoms with van der Waals surface area (Å²) < 4.78 is 13.1. The van der Waals surface area contributed by atoms with Gasteiger partial charge in [-0.15, -0.1) is 0 Å². The maximum absolute atomic E-state index is 5.60. The number of nitrogens with zero attached hydrogens (tertiary/aromatic N) is 2. The first-order valence-corrected chi connectivity index (χ1v) is 5.97. The molecule has 1 aliphatic heterocycles. The summed E-state index contributed by atoms with van der Waals surface area (Å²) in [6.45, 7) is 8.13. The quantitative estimate of drug-likeness (QED) is 0.854. The summed E-state index contributed by atoms with van der Waals surface area (Å²) in [6.07, 6.45) is 1.90. The van der Waals surface area contributed by atoms with Crippen molar-refractivity contribution in [1.82, 2.24) is 15.1 Å². The van der Waals surface area contributed by atoms with Crippen LogP contribution >= 0.6 is 0 Å². The molecule has 0 saturated carbocycles. The third kappa shape index (κ3) is 3.06. The van der Waals surface area contributed by atoms with Gasteiger partial charge in [0.05, 0.1) is 25.5 Å². The first kappa shape index (κ1) is 12.5. The van der Waals surface area contributed by atoms with E-state index >= 15 is 0 Å². The number of aryl methyl sites for hydroxylation is 1. The van der Waals surface area contributed by atoms with Gasteiger partial charge < -0.3 is 14.8 Å². The second-order valence-corrected chi connectivity index (χ2v) is 4.98. The topological polar surface area (TPSA) is 48.3 Å². The van der Waals surface area contributed by atoms with Crippen LogP contribution in [0.15, 0.2) is 6.20 Å². The molecule has 1 aromatic rings. The summed E-state index contributed by atoms with van der Waals surface area (Å²) in [4.78, 5) is 0. The van der Waals surface area contributed by atoms with Gasteiger partial charge in [-0.1, -0.05) is 0 Å². The molecule has 1 fully saturated rings. The predicted molar refractivity (Wildman–Crippen MR) is 64.6 cm³/mol. The van der Waals surface area contributed by atoms with Gasteiger partial charge in [0.1, 0.15) is 0 Å². The fraction of sp³-hybridized carbons (Fsp3) is 0.750. The van der Waals surface area contributed by atoms with Crippen LogP contribution in [0.2, 0.25) is 0 Å². The number of hydrogen-bond donors (Lipinski definition) is 1. The zero-order chi connectivity index (χ0) is 12.5. The number of nitrogens with one attached hydrogen (secondary N) is 1. The SMILES string of the molecule is Cc1c(CNC2COC(C)(C)OC2)cnn1C. The van der Waals surface area contributed by atoms with Crippen LogP contribution in [0.3, 0.4) is 0 Å². The minimum Gasteiger partial charge on any atom is -0.349 e. The lowest BCUT2D eigenvalue weighted by Gasteiger charge is -2.35. The van der Waals surface area contributed by atoms with Gasteiger partial charge in [-0.25, -0.2) is 0 Å². The van der Waals surface area contributed by atoms with Crippen LogP contribution in [0.4, 0.5) is 0 Å². The van der Waals surface area contributed by atoms with Crippen molar-refractivity contribution in [3.63, 3.8) is 0 Å². The third-order valence-corrected chi connectivity index (χ3v) is 3.18. The standard InChI is InChI=1S/C12H21N3O2/c1-9-10(6-14-15(9)4)5-13-11-7-16-12(2,3)17-8-11/h6,11,13H,5,7-8H2,1-4H3. The lowest BCUT2D eigenvalue weighted by atomic mass is 10.2. The molecular weight excluding hydrogens is 218 g/mol. The van der Waals surface area contributed by atoms with E-state index in [4.69, 9.17) is 9.47 Å². The number of hydrogen-bond acceptors (Lipinski definition) is 4. The minimum atomic E-state index is -0.442. The Morgan fingerprint density at radius 3 is 2.65 bits per heavy atom. The Kier molecular flexibility index (Phi) is 3.51. The van der Waals surface area contributed by atoms with Gasteiger partial charge in [0.15, 0.2) is 5.79 Å². The van der Waals surface area contributed by atoms with Gasteiger partial charge in [-0.2, -0.15) is 5.10 Å². The first-order chi connectivity index (χ1) is 7.98. The highest BCUT2D eigenvalue weighted by molar-refractivity contribution is 5.15. The predicted octanol–water partition coefficient (Wildman–Crippen LogP) is 0.970. The summed E-state index contributed by atoms with van der Waals surface area (Å²) in [5.74, 6) is -0.442. The van der Waals surface area contributed by atoms with Crippen LogP contribution in [0, 0.1) is 6.92 Å². The van der Waals surface area contributed by atoms with E-state index in [-0.39, 0.29) is 6.04 Å². The molecule has 0 aliphatic carbocycles. The molecule has 17 heavy (non-hydrogen) atoms. The zero-order valence-corrected chi connectivity index (χ0v) is 11.0. The Morgan fingerprint density at radius 2 is 2.12 bits per heavy atom. The Labute approximate surface area is 102 Å². The van der Waals surface area contributed by atoms with Crippen molar-refractivity contribution in [2.75, 3.05) is 13.2 Å². The fourth-order valence-corrected chi connectivity index (χ4v) is 1.78. The summed E-state index contributed by atoms with van der Waals surface area (Å²) in [7, 11) is 1.95. The molecule has 0 unspecified atom stereocenters. The lowest BCUT2D eigenvalue weighted by Crippen LogP contribution is -2.48. The molecule has 1 N–H and O–H groups in total. The molecule has 1 aromatic heterocycles. The van der Waals surface area contributed by atoms with Gasteiger partial charge >= 0.3 is 0 Å². The van der Waals surface area contributed by atoms with Gasteiger partial charge in [0.2, 0.25) is 0 Å². The second kappa shape index (κ2) is 4.76. The maximum Gasteiger partial charge on any atom is 0.162 e. The molecule has 0 amide bonds. The summed E-state index contributed by atoms with van der Waals surface area (Å²) in [5.41, 5.74) is 2.41. The Bertz CT molecular complexity index is 377. The summed E-state index contributed by atoms with van der Waals surface area (Å²) in [5, 5.41) is 7.64. The molecule has 0 atom stereocenters. The minimum absolute atomic E-state index is 0.252. The van der Waals surface area contributed by atoms with Crippen molar-refractivity contribution in [1.29, 1.82) is 0 Å². The molecule has 0 radical (unpaired) electrons. The molecule has 0 bridgehead atoms. The van der Waals surface area contributed by atoms with Crippen LogP contribution in [-0.4, -0.2) is 34.8 Å². The van der Waals surface area contributed by atoms with E-state index in [1.165, 1.54) is 11.3 Å². The highest BCUT2D eigenvalue weighted by atomic mass is 16.7. The number of ether oxygens (including phenoxy) is 2. The molecule has 96 valence electrons. The van der Waals surface area contributed by atoms with Crippen molar-refractivity contribution in [3.8, 4) is 0 Å². The van der Waals surface area contributed by atoms with E-state index < -0.39 is 5.79 Å². The van der Waals surface area contributed by atoms with E-state index in [0.29, 0.717) is 13.2 Å². The molecule has 1 saturated heterocycles. The average molecular weight is 239 g/mol. The number of aromatic nitrogens is 2. The van der Waals surface area contributed by atoms with Gasteiger partial charge in [-0.3, -0.25) is 4.68 Å². The summed E-state index contributed by atoms with van der Waals surface area (Å²) >= 11 is 0. The molecule has 2 rings (SSSR count). The molecule has 0 spiro atoms. The van der Waals surface area contributed by atoms with Gasteiger partial charge in [-0.05, 0) is 20.8 Å². The Balaban J connectivity index is 1.82. The van der Waals surface area contributed by atoms with Crippen LogP contribution in [0.1, 0.15) is 25.1 Å². The summed E-state index contributed by atoms with van der Waals surface area (Å²) in [6, 6.07) is 0.252. The van der Waals surface area contributed by atoms with Gasteiger partial charge in [0.25, 0.3) is 0 Å². The maximum atomic E-state index is 5.60. The van der Waals surface area contributed by atoms with Crippen LogP contribution < -0.4 is 5.32 Å². The molecule has 5 nitrogen and oxygen atoms in total. The number of rotatable bonds is 3. The molecule has 0 aromatic carbocycles. The highest BCUT2D eigenvalue weighted by Crippen LogP contribution is 2.17. The Hall–Kier alpha value is -0.910. The zero-order valence-electron chi connectivity index (χ0n) is 11.0. The molecule has 5 heteroatoms. The van der Waals surface area contributed by atoms with E-state index in [1.54, 1.807) is 0 Å².